The van der Waals surface area contributed by atoms with Crippen LogP contribution in [-0.2, 0) is 11.3 Å². The van der Waals surface area contributed by atoms with E-state index in [1.165, 1.54) is 11.1 Å². The lowest BCUT2D eigenvalue weighted by atomic mass is 10.1. The molecular formula is C15H21BrN2O. The summed E-state index contributed by atoms with van der Waals surface area (Å²) in [5.41, 5.74) is 2.51. The number of hydrogen-bond donors (Lipinski definition) is 2. The van der Waals surface area contributed by atoms with Crippen molar-refractivity contribution in [2.75, 3.05) is 6.54 Å². The van der Waals surface area contributed by atoms with Gasteiger partial charge in [0.2, 0.25) is 5.91 Å². The van der Waals surface area contributed by atoms with Crippen molar-refractivity contribution in [3.8, 4) is 0 Å². The van der Waals surface area contributed by atoms with E-state index in [2.05, 4.69) is 51.7 Å². The van der Waals surface area contributed by atoms with Gasteiger partial charge in [0.05, 0.1) is 0 Å². The minimum Gasteiger partial charge on any atom is -0.353 e. The molecule has 0 unspecified atom stereocenters. The van der Waals surface area contributed by atoms with Gasteiger partial charge in [0.25, 0.3) is 0 Å². The third-order valence-electron chi connectivity index (χ3n) is 3.22. The summed E-state index contributed by atoms with van der Waals surface area (Å²) < 4.78 is 1.14. The van der Waals surface area contributed by atoms with Crippen molar-refractivity contribution in [1.82, 2.24) is 10.6 Å². The van der Waals surface area contributed by atoms with Gasteiger partial charge in [-0.25, -0.2) is 0 Å². The van der Waals surface area contributed by atoms with E-state index in [1.807, 2.05) is 0 Å². The third kappa shape index (κ3) is 5.33. The fourth-order valence-corrected chi connectivity index (χ4v) is 2.55. The van der Waals surface area contributed by atoms with Crippen LogP contribution in [0.15, 0.2) is 22.7 Å². The predicted octanol–water partition coefficient (Wildman–Crippen LogP) is 2.91. The maximum absolute atomic E-state index is 11.5. The van der Waals surface area contributed by atoms with Gasteiger partial charge >= 0.3 is 0 Å². The number of rotatable bonds is 7. The molecule has 3 nitrogen and oxygen atoms in total. The van der Waals surface area contributed by atoms with Crippen LogP contribution in [0.1, 0.15) is 36.8 Å². The second-order valence-corrected chi connectivity index (χ2v) is 6.07. The maximum Gasteiger partial charge on any atom is 0.220 e. The van der Waals surface area contributed by atoms with E-state index >= 15 is 0 Å². The summed E-state index contributed by atoms with van der Waals surface area (Å²) in [5.74, 6) is 0.195. The lowest BCUT2D eigenvalue weighted by molar-refractivity contribution is -0.121. The van der Waals surface area contributed by atoms with Crippen molar-refractivity contribution in [2.45, 2.75) is 45.2 Å². The first-order valence-corrected chi connectivity index (χ1v) is 7.69. The Morgan fingerprint density at radius 3 is 2.89 bits per heavy atom. The number of amides is 1. The Morgan fingerprint density at radius 2 is 2.21 bits per heavy atom. The molecule has 1 fully saturated rings. The van der Waals surface area contributed by atoms with Gasteiger partial charge in [-0.3, -0.25) is 4.79 Å². The van der Waals surface area contributed by atoms with Crippen LogP contribution >= 0.6 is 15.9 Å². The predicted molar refractivity (Wildman–Crippen MR) is 81.0 cm³/mol. The summed E-state index contributed by atoms with van der Waals surface area (Å²) >= 11 is 3.57. The normalized spacial score (nSPS) is 14.4. The van der Waals surface area contributed by atoms with Gasteiger partial charge in [-0.15, -0.1) is 0 Å². The quantitative estimate of drug-likeness (QED) is 0.757. The van der Waals surface area contributed by atoms with Crippen molar-refractivity contribution in [1.29, 1.82) is 0 Å². The topological polar surface area (TPSA) is 41.1 Å². The molecular weight excluding hydrogens is 304 g/mol. The van der Waals surface area contributed by atoms with E-state index in [9.17, 15) is 4.79 Å². The molecule has 0 aliphatic heterocycles. The fraction of sp³-hybridized carbons (Fsp3) is 0.533. The number of aryl methyl sites for hydroxylation is 1. The molecule has 1 aromatic rings. The second kappa shape index (κ2) is 7.06. The number of carbonyl (C=O) groups is 1. The van der Waals surface area contributed by atoms with Crippen LogP contribution in [0.5, 0.6) is 0 Å². The van der Waals surface area contributed by atoms with E-state index in [0.717, 1.165) is 36.8 Å². The molecule has 19 heavy (non-hydrogen) atoms. The molecule has 0 radical (unpaired) electrons. The molecule has 0 atom stereocenters. The molecule has 1 aliphatic rings. The fourth-order valence-electron chi connectivity index (χ4n) is 1.92. The Hall–Kier alpha value is -0.870. The number of halogens is 1. The number of carbonyl (C=O) groups excluding carboxylic acids is 1. The van der Waals surface area contributed by atoms with Crippen LogP contribution in [0.4, 0.5) is 0 Å². The van der Waals surface area contributed by atoms with Gasteiger partial charge in [-0.05, 0) is 49.9 Å². The number of hydrogen-bond acceptors (Lipinski definition) is 2. The monoisotopic (exact) mass is 324 g/mol. The average Bonchev–Trinajstić information content (AvgIpc) is 3.15. The first kappa shape index (κ1) is 14.5. The molecule has 1 saturated carbocycles. The second-order valence-electron chi connectivity index (χ2n) is 5.22. The van der Waals surface area contributed by atoms with Crippen LogP contribution in [0.2, 0.25) is 0 Å². The van der Waals surface area contributed by atoms with Crippen molar-refractivity contribution < 1.29 is 4.79 Å². The lowest BCUT2D eigenvalue weighted by Gasteiger charge is -2.08. The summed E-state index contributed by atoms with van der Waals surface area (Å²) in [6.07, 6.45) is 3.83. The smallest absolute Gasteiger partial charge is 0.220 e. The zero-order valence-electron chi connectivity index (χ0n) is 11.3. The molecule has 0 bridgehead atoms. The van der Waals surface area contributed by atoms with Crippen LogP contribution in [-0.4, -0.2) is 18.5 Å². The Bertz CT molecular complexity index is 444. The molecule has 1 amide bonds. The first-order valence-electron chi connectivity index (χ1n) is 6.90. The van der Waals surface area contributed by atoms with E-state index < -0.39 is 0 Å². The molecule has 2 N–H and O–H groups in total. The SMILES string of the molecule is Cc1ccc(CNCCCC(=O)NC2CC2)c(Br)c1. The first-order chi connectivity index (χ1) is 9.15. The zero-order valence-corrected chi connectivity index (χ0v) is 12.9. The Labute approximate surface area is 123 Å². The zero-order chi connectivity index (χ0) is 13.7. The summed E-state index contributed by atoms with van der Waals surface area (Å²) in [7, 11) is 0. The van der Waals surface area contributed by atoms with Gasteiger partial charge < -0.3 is 10.6 Å². The van der Waals surface area contributed by atoms with E-state index in [4.69, 9.17) is 0 Å². The Morgan fingerprint density at radius 1 is 1.42 bits per heavy atom. The van der Waals surface area contributed by atoms with Gasteiger partial charge in [0, 0.05) is 23.5 Å². The van der Waals surface area contributed by atoms with Crippen LogP contribution in [0.3, 0.4) is 0 Å². The highest BCUT2D eigenvalue weighted by Crippen LogP contribution is 2.19. The van der Waals surface area contributed by atoms with E-state index in [1.54, 1.807) is 0 Å². The number of nitrogens with one attached hydrogen (secondary N) is 2. The molecule has 0 aromatic heterocycles. The van der Waals surface area contributed by atoms with Crippen molar-refractivity contribution in [3.63, 3.8) is 0 Å². The van der Waals surface area contributed by atoms with Crippen LogP contribution in [0, 0.1) is 6.92 Å². The molecule has 1 aromatic carbocycles. The molecule has 0 spiro atoms. The highest BCUT2D eigenvalue weighted by molar-refractivity contribution is 9.10. The van der Waals surface area contributed by atoms with Gasteiger partial charge in [-0.1, -0.05) is 28.1 Å². The molecule has 104 valence electrons. The van der Waals surface area contributed by atoms with Crippen molar-refractivity contribution in [2.24, 2.45) is 0 Å². The largest absolute Gasteiger partial charge is 0.353 e. The molecule has 1 aliphatic carbocycles. The molecule has 0 saturated heterocycles. The lowest BCUT2D eigenvalue weighted by Crippen LogP contribution is -2.26. The average molecular weight is 325 g/mol. The molecule has 0 heterocycles. The summed E-state index contributed by atoms with van der Waals surface area (Å²) in [5, 5.41) is 6.38. The summed E-state index contributed by atoms with van der Waals surface area (Å²) in [4.78, 5) is 11.5. The minimum absolute atomic E-state index is 0.195. The van der Waals surface area contributed by atoms with Crippen LogP contribution < -0.4 is 10.6 Å². The van der Waals surface area contributed by atoms with Crippen LogP contribution in [0.25, 0.3) is 0 Å². The van der Waals surface area contributed by atoms with Crippen molar-refractivity contribution in [3.05, 3.63) is 33.8 Å². The Balaban J connectivity index is 1.59. The minimum atomic E-state index is 0.195. The highest BCUT2D eigenvalue weighted by Gasteiger charge is 2.22. The number of benzene rings is 1. The maximum atomic E-state index is 11.5. The van der Waals surface area contributed by atoms with E-state index in [0.29, 0.717) is 12.5 Å². The van der Waals surface area contributed by atoms with Crippen molar-refractivity contribution >= 4 is 21.8 Å². The Kier molecular flexibility index (Phi) is 5.40. The van der Waals surface area contributed by atoms with E-state index in [-0.39, 0.29) is 5.91 Å². The standard InChI is InChI=1S/C15H21BrN2O/c1-11-4-5-12(14(16)9-11)10-17-8-2-3-15(19)18-13-6-7-13/h4-5,9,13,17H,2-3,6-8,10H2,1H3,(H,18,19). The van der Waals surface area contributed by atoms with Gasteiger partial charge in [0.1, 0.15) is 0 Å². The highest BCUT2D eigenvalue weighted by atomic mass is 79.9. The molecule has 2 rings (SSSR count). The summed E-state index contributed by atoms with van der Waals surface area (Å²) in [6.45, 7) is 3.80. The van der Waals surface area contributed by atoms with Gasteiger partial charge in [-0.2, -0.15) is 0 Å². The third-order valence-corrected chi connectivity index (χ3v) is 3.96. The molecule has 4 heteroatoms. The summed E-state index contributed by atoms with van der Waals surface area (Å²) in [6, 6.07) is 6.85. The van der Waals surface area contributed by atoms with Gasteiger partial charge in [0.15, 0.2) is 0 Å².